The zero-order valence-electron chi connectivity index (χ0n) is 20.2. The van der Waals surface area contributed by atoms with E-state index in [1.165, 1.54) is 44.9 Å². The van der Waals surface area contributed by atoms with Gasteiger partial charge in [-0.25, -0.2) is 0 Å². The van der Waals surface area contributed by atoms with Crippen molar-refractivity contribution >= 4 is 11.5 Å². The molecule has 180 valence electrons. The third-order valence-corrected chi connectivity index (χ3v) is 7.84. The molecule has 4 rings (SSSR count). The molecule has 2 saturated heterocycles. The van der Waals surface area contributed by atoms with Gasteiger partial charge >= 0.3 is 0 Å². The van der Waals surface area contributed by atoms with Crippen molar-refractivity contribution in [1.82, 2.24) is 15.5 Å². The highest BCUT2D eigenvalue weighted by molar-refractivity contribution is 5.53. The molecule has 32 heavy (non-hydrogen) atoms. The number of nitrogens with one attached hydrogen (secondary N) is 2. The van der Waals surface area contributed by atoms with Crippen LogP contribution in [0.2, 0.25) is 0 Å². The minimum absolute atomic E-state index is 0.406. The summed E-state index contributed by atoms with van der Waals surface area (Å²) in [6.45, 7) is 11.4. The van der Waals surface area contributed by atoms with Crippen molar-refractivity contribution < 1.29 is 9.47 Å². The zero-order chi connectivity index (χ0) is 22.2. The number of anilines is 2. The number of hydrogen-bond donors (Lipinski definition) is 2. The van der Waals surface area contributed by atoms with Crippen LogP contribution in [-0.4, -0.2) is 68.3 Å². The fraction of sp³-hybridized carbons (Fsp3) is 0.840. The van der Waals surface area contributed by atoms with E-state index in [0.717, 1.165) is 69.9 Å². The zero-order valence-corrected chi connectivity index (χ0v) is 20.2. The molecule has 2 N–H and O–H groups in total. The van der Waals surface area contributed by atoms with Crippen LogP contribution in [0.15, 0.2) is 12.3 Å². The summed E-state index contributed by atoms with van der Waals surface area (Å²) in [6.07, 6.45) is 11.6. The lowest BCUT2D eigenvalue weighted by molar-refractivity contribution is 0.0635. The summed E-state index contributed by atoms with van der Waals surface area (Å²) in [5.41, 5.74) is 1.57. The Morgan fingerprint density at radius 3 is 2.72 bits per heavy atom. The van der Waals surface area contributed by atoms with Gasteiger partial charge in [0.2, 0.25) is 0 Å². The Hall–Kier alpha value is -1.44. The Balaban J connectivity index is 1.20. The van der Waals surface area contributed by atoms with Crippen molar-refractivity contribution in [2.45, 2.75) is 77.3 Å². The highest BCUT2D eigenvalue weighted by Gasteiger charge is 2.31. The minimum atomic E-state index is 0.406. The number of rotatable bonds is 9. The predicted octanol–water partition coefficient (Wildman–Crippen LogP) is 3.86. The molecule has 1 atom stereocenters. The largest absolute Gasteiger partial charge is 0.381 e. The molecule has 1 aromatic heterocycles. The fourth-order valence-electron chi connectivity index (χ4n) is 5.49. The molecule has 1 aromatic rings. The fourth-order valence-corrected chi connectivity index (χ4v) is 5.49. The molecule has 0 radical (unpaired) electrons. The summed E-state index contributed by atoms with van der Waals surface area (Å²) in [6, 6.07) is 3.09. The van der Waals surface area contributed by atoms with E-state index in [0.29, 0.717) is 17.5 Å². The molecule has 3 heterocycles. The molecule has 0 aromatic carbocycles. The second-order valence-corrected chi connectivity index (χ2v) is 10.4. The number of nitrogens with zero attached hydrogens (tertiary/aromatic N) is 3. The van der Waals surface area contributed by atoms with Crippen molar-refractivity contribution in [2.24, 2.45) is 11.3 Å². The SMILES string of the molecule is CC[C@@H]1COCCN1c1cnnc(NC2CCC(C)(CNCCC3CCOCC3)CC2)c1. The van der Waals surface area contributed by atoms with Gasteiger partial charge in [-0.15, -0.1) is 5.10 Å². The van der Waals surface area contributed by atoms with Gasteiger partial charge in [-0.2, -0.15) is 5.10 Å². The lowest BCUT2D eigenvalue weighted by Crippen LogP contribution is -2.45. The van der Waals surface area contributed by atoms with Gasteiger partial charge in [-0.3, -0.25) is 0 Å². The molecule has 2 aliphatic heterocycles. The normalized spacial score (nSPS) is 29.8. The van der Waals surface area contributed by atoms with Crippen LogP contribution in [0, 0.1) is 11.3 Å². The molecular weight excluding hydrogens is 402 g/mol. The summed E-state index contributed by atoms with van der Waals surface area (Å²) >= 11 is 0. The highest BCUT2D eigenvalue weighted by atomic mass is 16.5. The van der Waals surface area contributed by atoms with Crippen LogP contribution in [-0.2, 0) is 9.47 Å². The van der Waals surface area contributed by atoms with Crippen LogP contribution < -0.4 is 15.5 Å². The van der Waals surface area contributed by atoms with Crippen molar-refractivity contribution in [1.29, 1.82) is 0 Å². The minimum Gasteiger partial charge on any atom is -0.381 e. The Morgan fingerprint density at radius 2 is 1.94 bits per heavy atom. The Bertz CT molecular complexity index is 689. The van der Waals surface area contributed by atoms with E-state index in [9.17, 15) is 0 Å². The maximum Gasteiger partial charge on any atom is 0.150 e. The average Bonchev–Trinajstić information content (AvgIpc) is 2.84. The van der Waals surface area contributed by atoms with Crippen LogP contribution in [0.1, 0.15) is 65.2 Å². The topological polar surface area (TPSA) is 71.5 Å². The van der Waals surface area contributed by atoms with Gasteiger partial charge in [0, 0.05) is 38.4 Å². The van der Waals surface area contributed by atoms with Gasteiger partial charge < -0.3 is 25.0 Å². The van der Waals surface area contributed by atoms with Gasteiger partial charge in [0.05, 0.1) is 31.1 Å². The van der Waals surface area contributed by atoms with E-state index in [-0.39, 0.29) is 0 Å². The Morgan fingerprint density at radius 1 is 1.12 bits per heavy atom. The molecule has 0 bridgehead atoms. The van der Waals surface area contributed by atoms with E-state index in [2.05, 4.69) is 45.6 Å². The maximum absolute atomic E-state index is 5.66. The van der Waals surface area contributed by atoms with E-state index in [1.54, 1.807) is 0 Å². The van der Waals surface area contributed by atoms with E-state index >= 15 is 0 Å². The lowest BCUT2D eigenvalue weighted by Gasteiger charge is -2.38. The van der Waals surface area contributed by atoms with Crippen molar-refractivity contribution in [3.8, 4) is 0 Å². The van der Waals surface area contributed by atoms with Crippen LogP contribution >= 0.6 is 0 Å². The summed E-state index contributed by atoms with van der Waals surface area (Å²) in [4.78, 5) is 2.42. The van der Waals surface area contributed by atoms with Crippen LogP contribution in [0.25, 0.3) is 0 Å². The van der Waals surface area contributed by atoms with E-state index in [4.69, 9.17) is 9.47 Å². The lowest BCUT2D eigenvalue weighted by atomic mass is 9.74. The molecule has 0 unspecified atom stereocenters. The summed E-state index contributed by atoms with van der Waals surface area (Å²) < 4.78 is 11.1. The number of aromatic nitrogens is 2. The van der Waals surface area contributed by atoms with Crippen LogP contribution in [0.4, 0.5) is 11.5 Å². The third-order valence-electron chi connectivity index (χ3n) is 7.84. The first-order chi connectivity index (χ1) is 15.6. The molecule has 1 aliphatic carbocycles. The second kappa shape index (κ2) is 11.6. The molecule has 7 heteroatoms. The third kappa shape index (κ3) is 6.55. The molecule has 0 spiro atoms. The quantitative estimate of drug-likeness (QED) is 0.559. The molecule has 0 amide bonds. The first kappa shape index (κ1) is 23.7. The van der Waals surface area contributed by atoms with Gasteiger partial charge in [0.1, 0.15) is 0 Å². The van der Waals surface area contributed by atoms with Crippen molar-refractivity contribution in [3.05, 3.63) is 12.3 Å². The second-order valence-electron chi connectivity index (χ2n) is 10.4. The molecule has 7 nitrogen and oxygen atoms in total. The highest BCUT2D eigenvalue weighted by Crippen LogP contribution is 2.36. The van der Waals surface area contributed by atoms with Crippen molar-refractivity contribution in [3.63, 3.8) is 0 Å². The summed E-state index contributed by atoms with van der Waals surface area (Å²) in [7, 11) is 0. The smallest absolute Gasteiger partial charge is 0.150 e. The van der Waals surface area contributed by atoms with Gasteiger partial charge in [-0.05, 0) is 69.2 Å². The maximum atomic E-state index is 5.66. The number of hydrogen-bond acceptors (Lipinski definition) is 7. The van der Waals surface area contributed by atoms with Gasteiger partial charge in [-0.1, -0.05) is 13.8 Å². The average molecular weight is 446 g/mol. The summed E-state index contributed by atoms with van der Waals surface area (Å²) in [5.74, 6) is 1.76. The molecule has 3 fully saturated rings. The number of ether oxygens (including phenoxy) is 2. The standard InChI is InChI=1S/C25H43N5O2/c1-3-22-18-32-15-12-30(22)23-16-24(29-27-17-23)28-21-4-9-25(2,10-5-21)19-26-11-6-20-7-13-31-14-8-20/h16-17,20-22,26H,3-15,18-19H2,1-2H3,(H,28,29)/t21?,22-,25?/m1/s1. The first-order valence-electron chi connectivity index (χ1n) is 12.9. The Kier molecular flexibility index (Phi) is 8.61. The van der Waals surface area contributed by atoms with Gasteiger partial charge in [0.25, 0.3) is 0 Å². The van der Waals surface area contributed by atoms with E-state index < -0.39 is 0 Å². The monoisotopic (exact) mass is 445 g/mol. The van der Waals surface area contributed by atoms with E-state index in [1.807, 2.05) is 6.20 Å². The molecule has 3 aliphatic rings. The molecular formula is C25H43N5O2. The van der Waals surface area contributed by atoms with Crippen LogP contribution in [0.5, 0.6) is 0 Å². The predicted molar refractivity (Wildman–Crippen MR) is 129 cm³/mol. The number of morpholine rings is 1. The van der Waals surface area contributed by atoms with Gasteiger partial charge in [0.15, 0.2) is 5.82 Å². The summed E-state index contributed by atoms with van der Waals surface area (Å²) in [5, 5.41) is 16.1. The van der Waals surface area contributed by atoms with Crippen molar-refractivity contribution in [2.75, 3.05) is 56.3 Å². The Labute approximate surface area is 194 Å². The first-order valence-corrected chi connectivity index (χ1v) is 12.9. The molecule has 1 saturated carbocycles. The van der Waals surface area contributed by atoms with Crippen LogP contribution in [0.3, 0.4) is 0 Å².